The van der Waals surface area contributed by atoms with Crippen LogP contribution in [0.5, 0.6) is 0 Å². The molecule has 3 nitrogen and oxygen atoms in total. The van der Waals surface area contributed by atoms with E-state index in [1.54, 1.807) is 0 Å². The van der Waals surface area contributed by atoms with Gasteiger partial charge in [-0.15, -0.1) is 0 Å². The number of ketones is 1. The van der Waals surface area contributed by atoms with Crippen LogP contribution >= 0.6 is 0 Å². The summed E-state index contributed by atoms with van der Waals surface area (Å²) in [5.41, 5.74) is 2.08. The lowest BCUT2D eigenvalue weighted by Gasteiger charge is -2.45. The molecule has 0 aromatic heterocycles. The quantitative estimate of drug-likeness (QED) is 0.813. The first-order valence-corrected chi connectivity index (χ1v) is 8.19. The molecule has 3 aliphatic rings. The number of fused-ring (bicyclic) bond motifs is 9. The van der Waals surface area contributed by atoms with Gasteiger partial charge >= 0.3 is 0 Å². The fourth-order valence-electron chi connectivity index (χ4n) is 5.36. The molecule has 1 saturated carbocycles. The maximum atomic E-state index is 13.3. The van der Waals surface area contributed by atoms with Crippen molar-refractivity contribution in [2.45, 2.75) is 30.4 Å². The van der Waals surface area contributed by atoms with Crippen molar-refractivity contribution in [1.29, 1.82) is 0 Å². The summed E-state index contributed by atoms with van der Waals surface area (Å²) in [7, 11) is 1.99. The second kappa shape index (κ2) is 3.85. The Hall–Kier alpha value is -2.13. The third-order valence-electron chi connectivity index (χ3n) is 6.58. The van der Waals surface area contributed by atoms with Crippen LogP contribution in [0.25, 0.3) is 0 Å². The van der Waals surface area contributed by atoms with Gasteiger partial charge in [-0.1, -0.05) is 42.5 Å². The molecular weight excluding hydrogens is 286 g/mol. The van der Waals surface area contributed by atoms with Crippen molar-refractivity contribution in [2.75, 3.05) is 11.9 Å². The predicted octanol–water partition coefficient (Wildman–Crippen LogP) is 2.62. The van der Waals surface area contributed by atoms with Crippen LogP contribution in [-0.2, 0) is 16.8 Å². The highest BCUT2D eigenvalue weighted by Crippen LogP contribution is 2.65. The van der Waals surface area contributed by atoms with Gasteiger partial charge in [-0.25, -0.2) is 0 Å². The van der Waals surface area contributed by atoms with Crippen LogP contribution in [0, 0.1) is 5.92 Å². The molecule has 2 bridgehead atoms. The third kappa shape index (κ3) is 1.23. The number of carbonyl (C=O) groups is 1. The summed E-state index contributed by atoms with van der Waals surface area (Å²) < 4.78 is 0. The van der Waals surface area contributed by atoms with Crippen molar-refractivity contribution in [1.82, 2.24) is 0 Å². The third-order valence-corrected chi connectivity index (χ3v) is 6.58. The molecule has 1 fully saturated rings. The molecular formula is C20H19NO2. The smallest absolute Gasteiger partial charge is 0.195 e. The molecule has 2 aliphatic carbocycles. The Labute approximate surface area is 135 Å². The predicted molar refractivity (Wildman–Crippen MR) is 88.5 cm³/mol. The topological polar surface area (TPSA) is 40.5 Å². The van der Waals surface area contributed by atoms with Gasteiger partial charge < -0.3 is 10.0 Å². The number of hydrogen-bond donors (Lipinski definition) is 1. The zero-order valence-electron chi connectivity index (χ0n) is 13.3. The van der Waals surface area contributed by atoms with Crippen LogP contribution in [0.1, 0.15) is 29.5 Å². The molecule has 2 aromatic carbocycles. The van der Waals surface area contributed by atoms with E-state index in [0.717, 1.165) is 23.2 Å². The molecule has 23 heavy (non-hydrogen) atoms. The maximum Gasteiger partial charge on any atom is 0.195 e. The Bertz CT molecular complexity index is 860. The first kappa shape index (κ1) is 13.3. The minimum absolute atomic E-state index is 0.0456. The van der Waals surface area contributed by atoms with Crippen LogP contribution in [-0.4, -0.2) is 23.5 Å². The van der Waals surface area contributed by atoms with Crippen LogP contribution < -0.4 is 4.90 Å². The SMILES string of the molecule is CN1c2ccccc2[C@@]2(O)C(=O)[C@@]1(C)[C@H]1Cc3ccccc3[C@H]12. The molecule has 1 heterocycles. The van der Waals surface area contributed by atoms with Gasteiger partial charge in [-0.3, -0.25) is 4.79 Å². The van der Waals surface area contributed by atoms with Crippen molar-refractivity contribution in [3.63, 3.8) is 0 Å². The normalized spacial score (nSPS) is 36.7. The van der Waals surface area contributed by atoms with Crippen molar-refractivity contribution in [3.05, 3.63) is 65.2 Å². The summed E-state index contributed by atoms with van der Waals surface area (Å²) in [6, 6.07) is 16.1. The summed E-state index contributed by atoms with van der Waals surface area (Å²) in [6.45, 7) is 2.01. The summed E-state index contributed by atoms with van der Waals surface area (Å²) in [6.07, 6.45) is 0.851. The summed E-state index contributed by atoms with van der Waals surface area (Å²) in [5.74, 6) is -0.0900. The number of likely N-dealkylation sites (N-methyl/N-ethyl adjacent to an activating group) is 1. The Balaban J connectivity index is 1.87. The summed E-state index contributed by atoms with van der Waals surface area (Å²) >= 11 is 0. The molecule has 1 aliphatic heterocycles. The van der Waals surface area contributed by atoms with Gasteiger partial charge in [0.15, 0.2) is 11.4 Å². The van der Waals surface area contributed by atoms with Gasteiger partial charge in [0.05, 0.1) is 0 Å². The molecule has 116 valence electrons. The highest BCUT2D eigenvalue weighted by Gasteiger charge is 2.72. The monoisotopic (exact) mass is 305 g/mol. The maximum absolute atomic E-state index is 13.3. The summed E-state index contributed by atoms with van der Waals surface area (Å²) in [4.78, 5) is 15.4. The minimum atomic E-state index is -1.41. The van der Waals surface area contributed by atoms with Gasteiger partial charge in [0.25, 0.3) is 0 Å². The molecule has 1 N–H and O–H groups in total. The molecule has 0 spiro atoms. The van der Waals surface area contributed by atoms with E-state index < -0.39 is 11.1 Å². The van der Waals surface area contributed by atoms with E-state index in [0.29, 0.717) is 0 Å². The lowest BCUT2D eigenvalue weighted by atomic mass is 9.76. The number of anilines is 1. The molecule has 2 aromatic rings. The largest absolute Gasteiger partial charge is 0.376 e. The van der Waals surface area contributed by atoms with Gasteiger partial charge in [-0.2, -0.15) is 0 Å². The fourth-order valence-corrected chi connectivity index (χ4v) is 5.36. The zero-order valence-corrected chi connectivity index (χ0v) is 13.3. The van der Waals surface area contributed by atoms with Crippen molar-refractivity contribution in [2.24, 2.45) is 5.92 Å². The van der Waals surface area contributed by atoms with Crippen LogP contribution in [0.4, 0.5) is 5.69 Å². The first-order chi connectivity index (χ1) is 11.0. The molecule has 0 saturated heterocycles. The molecule has 0 amide bonds. The van der Waals surface area contributed by atoms with E-state index >= 15 is 0 Å². The number of rotatable bonds is 0. The van der Waals surface area contributed by atoms with E-state index in [9.17, 15) is 9.90 Å². The molecule has 0 unspecified atom stereocenters. The summed E-state index contributed by atoms with van der Waals surface area (Å²) in [5, 5.41) is 11.7. The van der Waals surface area contributed by atoms with E-state index in [4.69, 9.17) is 0 Å². The number of Topliss-reactive ketones (excluding diaryl/α,β-unsaturated/α-hetero) is 1. The number of hydrogen-bond acceptors (Lipinski definition) is 3. The van der Waals surface area contributed by atoms with Gasteiger partial charge in [0.2, 0.25) is 0 Å². The van der Waals surface area contributed by atoms with Gasteiger partial charge in [0.1, 0.15) is 5.54 Å². The highest BCUT2D eigenvalue weighted by molar-refractivity contribution is 6.07. The second-order valence-electron chi connectivity index (χ2n) is 7.31. The Morgan fingerprint density at radius 1 is 1.13 bits per heavy atom. The lowest BCUT2D eigenvalue weighted by molar-refractivity contribution is -0.139. The number of aliphatic hydroxyl groups is 1. The van der Waals surface area contributed by atoms with Crippen molar-refractivity contribution in [3.8, 4) is 0 Å². The van der Waals surface area contributed by atoms with E-state index in [2.05, 4.69) is 17.0 Å². The Morgan fingerprint density at radius 3 is 2.65 bits per heavy atom. The standard InChI is InChI=1S/C20H19NO2/c1-19-15-11-12-7-3-4-8-13(12)17(15)20(23,18(19)22)14-9-5-6-10-16(14)21(19)2/h3-10,15,17,23H,11H2,1-2H3/t15-,17+,19+,20-/m0/s1. The Morgan fingerprint density at radius 2 is 1.83 bits per heavy atom. The van der Waals surface area contributed by atoms with E-state index in [1.807, 2.05) is 50.4 Å². The fraction of sp³-hybridized carbons (Fsp3) is 0.350. The second-order valence-corrected chi connectivity index (χ2v) is 7.31. The van der Waals surface area contributed by atoms with E-state index in [1.165, 1.54) is 5.56 Å². The van der Waals surface area contributed by atoms with Gasteiger partial charge in [-0.05, 0) is 30.5 Å². The lowest BCUT2D eigenvalue weighted by Crippen LogP contribution is -2.58. The van der Waals surface area contributed by atoms with Crippen LogP contribution in [0.3, 0.4) is 0 Å². The average Bonchev–Trinajstić information content (AvgIpc) is 3.03. The van der Waals surface area contributed by atoms with Crippen LogP contribution in [0.2, 0.25) is 0 Å². The van der Waals surface area contributed by atoms with E-state index in [-0.39, 0.29) is 17.6 Å². The number of benzene rings is 2. The molecule has 3 heteroatoms. The molecule has 0 radical (unpaired) electrons. The zero-order chi connectivity index (χ0) is 16.0. The Kier molecular flexibility index (Phi) is 2.23. The van der Waals surface area contributed by atoms with Crippen molar-refractivity contribution < 1.29 is 9.90 Å². The average molecular weight is 305 g/mol. The number of para-hydroxylation sites is 1. The minimum Gasteiger partial charge on any atom is -0.376 e. The van der Waals surface area contributed by atoms with Gasteiger partial charge in [0, 0.05) is 30.1 Å². The van der Waals surface area contributed by atoms with Crippen molar-refractivity contribution >= 4 is 11.5 Å². The molecule has 4 atom stereocenters. The number of nitrogens with zero attached hydrogens (tertiary/aromatic N) is 1. The first-order valence-electron chi connectivity index (χ1n) is 8.19. The highest BCUT2D eigenvalue weighted by atomic mass is 16.3. The molecule has 5 rings (SSSR count). The van der Waals surface area contributed by atoms with Crippen LogP contribution in [0.15, 0.2) is 48.5 Å². The number of carbonyl (C=O) groups excluding carboxylic acids is 1.